The number of non-ortho nitro benzene ring substituents is 1. The van der Waals surface area contributed by atoms with E-state index in [1.165, 1.54) is 19.2 Å². The van der Waals surface area contributed by atoms with Crippen molar-refractivity contribution in [1.29, 1.82) is 0 Å². The first kappa shape index (κ1) is 18.2. The number of nitrogens with zero attached hydrogens (tertiary/aromatic N) is 1. The van der Waals surface area contributed by atoms with E-state index in [2.05, 4.69) is 5.32 Å². The molecule has 0 heterocycles. The van der Waals surface area contributed by atoms with Crippen LogP contribution in [0.2, 0.25) is 5.02 Å². The summed E-state index contributed by atoms with van der Waals surface area (Å²) >= 11 is 5.91. The third-order valence-electron chi connectivity index (χ3n) is 3.10. The maximum absolute atomic E-state index is 12.1. The minimum atomic E-state index is -0.921. The van der Waals surface area contributed by atoms with Gasteiger partial charge in [-0.15, -0.1) is 0 Å². The monoisotopic (exact) mass is 364 g/mol. The topological polar surface area (TPSA) is 108 Å². The zero-order valence-corrected chi connectivity index (χ0v) is 13.8. The van der Waals surface area contributed by atoms with Crippen LogP contribution in [-0.4, -0.2) is 30.5 Å². The van der Waals surface area contributed by atoms with E-state index in [0.717, 1.165) is 6.07 Å². The molecular formula is C16H13ClN2O6. The van der Waals surface area contributed by atoms with Crippen LogP contribution in [0.15, 0.2) is 42.5 Å². The van der Waals surface area contributed by atoms with Gasteiger partial charge in [0, 0.05) is 12.1 Å². The number of carbonyl (C=O) groups is 2. The second kappa shape index (κ2) is 8.11. The Hall–Kier alpha value is -3.13. The summed E-state index contributed by atoms with van der Waals surface area (Å²) in [5.74, 6) is -1.43. The summed E-state index contributed by atoms with van der Waals surface area (Å²) in [6.45, 7) is -0.587. The number of nitrogens with one attached hydrogen (secondary N) is 1. The van der Waals surface area contributed by atoms with Crippen LogP contribution in [0.4, 0.5) is 11.4 Å². The van der Waals surface area contributed by atoms with Gasteiger partial charge in [-0.1, -0.05) is 23.7 Å². The third-order valence-corrected chi connectivity index (χ3v) is 3.43. The molecule has 0 aliphatic carbocycles. The molecule has 2 rings (SSSR count). The van der Waals surface area contributed by atoms with E-state index in [0.29, 0.717) is 10.7 Å². The molecule has 8 nitrogen and oxygen atoms in total. The van der Waals surface area contributed by atoms with Gasteiger partial charge >= 0.3 is 5.97 Å². The molecule has 130 valence electrons. The van der Waals surface area contributed by atoms with E-state index in [-0.39, 0.29) is 17.0 Å². The van der Waals surface area contributed by atoms with E-state index < -0.39 is 23.4 Å². The van der Waals surface area contributed by atoms with Gasteiger partial charge in [0.1, 0.15) is 11.3 Å². The zero-order chi connectivity index (χ0) is 18.4. The quantitative estimate of drug-likeness (QED) is 0.479. The average Bonchev–Trinajstić information content (AvgIpc) is 2.61. The Kier molecular flexibility index (Phi) is 5.91. The lowest BCUT2D eigenvalue weighted by atomic mass is 10.2. The van der Waals surface area contributed by atoms with Crippen molar-refractivity contribution in [2.24, 2.45) is 0 Å². The van der Waals surface area contributed by atoms with Crippen molar-refractivity contribution in [3.63, 3.8) is 0 Å². The summed E-state index contributed by atoms with van der Waals surface area (Å²) < 4.78 is 9.86. The summed E-state index contributed by atoms with van der Waals surface area (Å²) in [5.41, 5.74) is -0.0753. The molecule has 25 heavy (non-hydrogen) atoms. The molecule has 0 aromatic heterocycles. The minimum Gasteiger partial charge on any atom is -0.496 e. The van der Waals surface area contributed by atoms with E-state index in [1.54, 1.807) is 24.3 Å². The maximum Gasteiger partial charge on any atom is 0.342 e. The zero-order valence-electron chi connectivity index (χ0n) is 13.0. The second-order valence-corrected chi connectivity index (χ2v) is 5.15. The number of methoxy groups -OCH3 is 1. The van der Waals surface area contributed by atoms with Crippen LogP contribution in [0, 0.1) is 10.1 Å². The standard InChI is InChI=1S/C16H13ClN2O6/c1-24-14-7-6-10(19(22)23)8-11(14)16(21)25-9-15(20)18-13-5-3-2-4-12(13)17/h2-8H,9H2,1H3,(H,18,20). The highest BCUT2D eigenvalue weighted by Crippen LogP contribution is 2.25. The smallest absolute Gasteiger partial charge is 0.342 e. The van der Waals surface area contributed by atoms with Crippen molar-refractivity contribution in [2.45, 2.75) is 0 Å². The van der Waals surface area contributed by atoms with Crippen molar-refractivity contribution in [2.75, 3.05) is 19.0 Å². The molecule has 0 unspecified atom stereocenters. The van der Waals surface area contributed by atoms with Gasteiger partial charge in [0.2, 0.25) is 0 Å². The number of amides is 1. The number of halogens is 1. The highest BCUT2D eigenvalue weighted by Gasteiger charge is 2.19. The highest BCUT2D eigenvalue weighted by molar-refractivity contribution is 6.33. The molecule has 0 saturated carbocycles. The molecule has 0 aliphatic rings. The fourth-order valence-electron chi connectivity index (χ4n) is 1.93. The summed E-state index contributed by atoms with van der Waals surface area (Å²) in [4.78, 5) is 34.1. The molecule has 9 heteroatoms. The predicted octanol–water partition coefficient (Wildman–Crippen LogP) is 3.05. The first-order chi connectivity index (χ1) is 11.9. The molecule has 0 fully saturated rings. The average molecular weight is 365 g/mol. The fourth-order valence-corrected chi connectivity index (χ4v) is 2.11. The highest BCUT2D eigenvalue weighted by atomic mass is 35.5. The van der Waals surface area contributed by atoms with Crippen molar-refractivity contribution in [3.05, 3.63) is 63.2 Å². The van der Waals surface area contributed by atoms with Gasteiger partial charge in [-0.3, -0.25) is 14.9 Å². The largest absolute Gasteiger partial charge is 0.496 e. The van der Waals surface area contributed by atoms with Gasteiger partial charge in [0.15, 0.2) is 6.61 Å². The third kappa shape index (κ3) is 4.67. The number of anilines is 1. The number of para-hydroxylation sites is 1. The molecule has 0 aliphatic heterocycles. The molecule has 2 aromatic rings. The van der Waals surface area contributed by atoms with Gasteiger partial charge in [-0.05, 0) is 18.2 Å². The van der Waals surface area contributed by atoms with Gasteiger partial charge in [0.05, 0.1) is 22.7 Å². The summed E-state index contributed by atoms with van der Waals surface area (Å²) in [6, 6.07) is 10.1. The van der Waals surface area contributed by atoms with Crippen LogP contribution in [0.3, 0.4) is 0 Å². The lowest BCUT2D eigenvalue weighted by molar-refractivity contribution is -0.384. The Balaban J connectivity index is 2.04. The van der Waals surface area contributed by atoms with Crippen molar-refractivity contribution < 1.29 is 24.0 Å². The van der Waals surface area contributed by atoms with Gasteiger partial charge < -0.3 is 14.8 Å². The number of nitro benzene ring substituents is 1. The Morgan fingerprint density at radius 3 is 2.60 bits per heavy atom. The van der Waals surface area contributed by atoms with Crippen LogP contribution in [0.5, 0.6) is 5.75 Å². The molecule has 1 N–H and O–H groups in total. The lowest BCUT2D eigenvalue weighted by Gasteiger charge is -2.09. The van der Waals surface area contributed by atoms with Crippen molar-refractivity contribution in [3.8, 4) is 5.75 Å². The molecule has 0 saturated heterocycles. The number of ether oxygens (including phenoxy) is 2. The number of nitro groups is 1. The Labute approximate surface area is 147 Å². The van der Waals surface area contributed by atoms with Crippen molar-refractivity contribution in [1.82, 2.24) is 0 Å². The molecule has 0 atom stereocenters. The number of hydrogen-bond donors (Lipinski definition) is 1. The van der Waals surface area contributed by atoms with E-state index in [4.69, 9.17) is 21.1 Å². The van der Waals surface area contributed by atoms with E-state index in [1.807, 2.05) is 0 Å². The summed E-state index contributed by atoms with van der Waals surface area (Å²) in [7, 11) is 1.31. The Morgan fingerprint density at radius 1 is 1.24 bits per heavy atom. The van der Waals surface area contributed by atoms with Gasteiger partial charge in [-0.25, -0.2) is 4.79 Å². The van der Waals surface area contributed by atoms with Crippen LogP contribution >= 0.6 is 11.6 Å². The van der Waals surface area contributed by atoms with E-state index >= 15 is 0 Å². The molecule has 2 aromatic carbocycles. The number of hydrogen-bond acceptors (Lipinski definition) is 6. The van der Waals surface area contributed by atoms with Gasteiger partial charge in [0.25, 0.3) is 11.6 Å². The fraction of sp³-hybridized carbons (Fsp3) is 0.125. The number of rotatable bonds is 6. The van der Waals surface area contributed by atoms with Crippen LogP contribution < -0.4 is 10.1 Å². The van der Waals surface area contributed by atoms with Crippen LogP contribution in [0.1, 0.15) is 10.4 Å². The Morgan fingerprint density at radius 2 is 1.96 bits per heavy atom. The lowest BCUT2D eigenvalue weighted by Crippen LogP contribution is -2.21. The summed E-state index contributed by atoms with van der Waals surface area (Å²) in [6.07, 6.45) is 0. The normalized spacial score (nSPS) is 10.0. The Bertz CT molecular complexity index is 824. The number of esters is 1. The first-order valence-corrected chi connectivity index (χ1v) is 7.34. The second-order valence-electron chi connectivity index (χ2n) is 4.75. The minimum absolute atomic E-state index is 0.0992. The maximum atomic E-state index is 12.1. The SMILES string of the molecule is COc1ccc([N+](=O)[O-])cc1C(=O)OCC(=O)Nc1ccccc1Cl. The number of benzene rings is 2. The molecule has 1 amide bonds. The van der Waals surface area contributed by atoms with Crippen molar-refractivity contribution >= 4 is 34.9 Å². The van der Waals surface area contributed by atoms with E-state index in [9.17, 15) is 19.7 Å². The number of carbonyl (C=O) groups excluding carboxylic acids is 2. The predicted molar refractivity (Wildman–Crippen MR) is 90.0 cm³/mol. The van der Waals surface area contributed by atoms with Crippen LogP contribution in [-0.2, 0) is 9.53 Å². The molecular weight excluding hydrogens is 352 g/mol. The molecule has 0 bridgehead atoms. The molecule has 0 radical (unpaired) electrons. The van der Waals surface area contributed by atoms with Crippen LogP contribution in [0.25, 0.3) is 0 Å². The first-order valence-electron chi connectivity index (χ1n) is 6.96. The van der Waals surface area contributed by atoms with Gasteiger partial charge in [-0.2, -0.15) is 0 Å². The summed E-state index contributed by atoms with van der Waals surface area (Å²) in [5, 5.41) is 13.6. The molecule has 0 spiro atoms.